The van der Waals surface area contributed by atoms with Crippen LogP contribution >= 0.6 is 0 Å². The molecule has 2 amide bonds. The third-order valence-electron chi connectivity index (χ3n) is 3.99. The number of amides is 2. The van der Waals surface area contributed by atoms with Crippen molar-refractivity contribution in [3.05, 3.63) is 66.1 Å². The second kappa shape index (κ2) is 7.26. The van der Waals surface area contributed by atoms with E-state index in [0.29, 0.717) is 5.69 Å². The number of hydrogen-bond donors (Lipinski definition) is 2. The number of para-hydroxylation sites is 2. The van der Waals surface area contributed by atoms with E-state index in [4.69, 9.17) is 4.74 Å². The Hall–Kier alpha value is -3.35. The number of aryl methyl sites for hydroxylation is 1. The summed E-state index contributed by atoms with van der Waals surface area (Å²) >= 11 is 0. The molecule has 2 N–H and O–H groups in total. The zero-order valence-electron chi connectivity index (χ0n) is 14.3. The topological polar surface area (TPSA) is 72.4 Å². The first-order chi connectivity index (χ1) is 12.5. The third-order valence-corrected chi connectivity index (χ3v) is 3.99. The zero-order chi connectivity index (χ0) is 18.7. The molecule has 1 aromatic heterocycles. The number of ether oxygens (including phenoxy) is 1. The fourth-order valence-corrected chi connectivity index (χ4v) is 2.58. The van der Waals surface area contributed by atoms with Gasteiger partial charge in [-0.1, -0.05) is 30.3 Å². The molecule has 0 aliphatic rings. The van der Waals surface area contributed by atoms with Crippen LogP contribution in [0, 0.1) is 5.82 Å². The number of hydrogen-bond acceptors (Lipinski definition) is 3. The molecule has 7 heteroatoms. The molecule has 0 radical (unpaired) electrons. The summed E-state index contributed by atoms with van der Waals surface area (Å²) < 4.78 is 20.6. The Labute approximate surface area is 149 Å². The van der Waals surface area contributed by atoms with Gasteiger partial charge in [-0.15, -0.1) is 0 Å². The molecule has 3 aromatic rings. The van der Waals surface area contributed by atoms with Crippen molar-refractivity contribution in [1.82, 2.24) is 15.4 Å². The molecule has 1 heterocycles. The molecule has 6 nitrogen and oxygen atoms in total. The number of carbonyl (C=O) groups excluding carboxylic acids is 2. The van der Waals surface area contributed by atoms with Crippen LogP contribution in [-0.4, -0.2) is 22.5 Å². The maximum Gasteiger partial charge on any atom is 0.286 e. The van der Waals surface area contributed by atoms with Crippen LogP contribution in [0.1, 0.15) is 17.4 Å². The van der Waals surface area contributed by atoms with Gasteiger partial charge in [0.15, 0.2) is 17.7 Å². The Bertz CT molecular complexity index is 968. The quantitative estimate of drug-likeness (QED) is 0.707. The maximum absolute atomic E-state index is 13.6. The van der Waals surface area contributed by atoms with Crippen molar-refractivity contribution in [2.24, 2.45) is 7.05 Å². The second-order valence-electron chi connectivity index (χ2n) is 5.78. The molecule has 0 fully saturated rings. The minimum atomic E-state index is -0.986. The molecule has 3 rings (SSSR count). The fraction of sp³-hybridized carbons (Fsp3) is 0.158. The smallest absolute Gasteiger partial charge is 0.286 e. The standard InChI is InChI=1S/C19H18FN3O3/c1-12(26-17-10-6-4-8-14(17)20)18(24)21-22-19(25)16-11-13-7-3-5-9-15(13)23(16)2/h3-12H,1-2H3,(H,21,24)(H,22,25). The second-order valence-corrected chi connectivity index (χ2v) is 5.78. The molecule has 0 spiro atoms. The van der Waals surface area contributed by atoms with Crippen LogP contribution in [0.5, 0.6) is 5.75 Å². The summed E-state index contributed by atoms with van der Waals surface area (Å²) in [6.07, 6.45) is -0.986. The van der Waals surface area contributed by atoms with E-state index in [1.807, 2.05) is 24.3 Å². The van der Waals surface area contributed by atoms with E-state index in [-0.39, 0.29) is 5.75 Å². The summed E-state index contributed by atoms with van der Waals surface area (Å²) in [5.74, 6) is -1.66. The molecule has 2 aromatic carbocycles. The minimum absolute atomic E-state index is 0.0323. The van der Waals surface area contributed by atoms with Crippen LogP contribution in [0.3, 0.4) is 0 Å². The monoisotopic (exact) mass is 355 g/mol. The van der Waals surface area contributed by atoms with E-state index in [1.54, 1.807) is 23.7 Å². The highest BCUT2D eigenvalue weighted by molar-refractivity contribution is 5.99. The number of aromatic nitrogens is 1. The lowest BCUT2D eigenvalue weighted by Crippen LogP contribution is -2.47. The number of fused-ring (bicyclic) bond motifs is 1. The highest BCUT2D eigenvalue weighted by Crippen LogP contribution is 2.18. The zero-order valence-corrected chi connectivity index (χ0v) is 14.3. The van der Waals surface area contributed by atoms with E-state index in [9.17, 15) is 14.0 Å². The van der Waals surface area contributed by atoms with Crippen LogP contribution in [-0.2, 0) is 11.8 Å². The lowest BCUT2D eigenvalue weighted by Gasteiger charge is -2.15. The van der Waals surface area contributed by atoms with E-state index in [2.05, 4.69) is 10.9 Å². The summed E-state index contributed by atoms with van der Waals surface area (Å²) in [6, 6.07) is 15.1. The summed E-state index contributed by atoms with van der Waals surface area (Å²) in [5.41, 5.74) is 5.94. The van der Waals surface area contributed by atoms with Crippen molar-refractivity contribution in [3.63, 3.8) is 0 Å². The van der Waals surface area contributed by atoms with Crippen LogP contribution in [0.2, 0.25) is 0 Å². The van der Waals surface area contributed by atoms with Crippen LogP contribution in [0.4, 0.5) is 4.39 Å². The van der Waals surface area contributed by atoms with Gasteiger partial charge < -0.3 is 9.30 Å². The predicted octanol–water partition coefficient (Wildman–Crippen LogP) is 2.55. The van der Waals surface area contributed by atoms with E-state index in [1.165, 1.54) is 25.1 Å². The molecule has 134 valence electrons. The molecular formula is C19H18FN3O3. The lowest BCUT2D eigenvalue weighted by molar-refractivity contribution is -0.128. The first-order valence-electron chi connectivity index (χ1n) is 8.03. The van der Waals surface area contributed by atoms with Crippen molar-refractivity contribution in [3.8, 4) is 5.75 Å². The summed E-state index contributed by atoms with van der Waals surface area (Å²) in [4.78, 5) is 24.4. The minimum Gasteiger partial charge on any atom is -0.478 e. The molecule has 1 atom stereocenters. The van der Waals surface area contributed by atoms with Crippen LogP contribution in [0.15, 0.2) is 54.6 Å². The highest BCUT2D eigenvalue weighted by atomic mass is 19.1. The largest absolute Gasteiger partial charge is 0.478 e. The number of nitrogens with zero attached hydrogens (tertiary/aromatic N) is 1. The van der Waals surface area contributed by atoms with Gasteiger partial charge in [0.1, 0.15) is 5.69 Å². The highest BCUT2D eigenvalue weighted by Gasteiger charge is 2.18. The molecule has 0 saturated carbocycles. The van der Waals surface area contributed by atoms with Crippen molar-refractivity contribution in [2.75, 3.05) is 0 Å². The van der Waals surface area contributed by atoms with Crippen molar-refractivity contribution in [2.45, 2.75) is 13.0 Å². The Morgan fingerprint density at radius 2 is 1.77 bits per heavy atom. The Morgan fingerprint density at radius 3 is 2.50 bits per heavy atom. The van der Waals surface area contributed by atoms with Gasteiger partial charge in [0.25, 0.3) is 11.8 Å². The molecule has 1 unspecified atom stereocenters. The summed E-state index contributed by atoms with van der Waals surface area (Å²) in [7, 11) is 1.77. The lowest BCUT2D eigenvalue weighted by atomic mass is 10.2. The number of carbonyl (C=O) groups is 2. The van der Waals surface area contributed by atoms with Gasteiger partial charge >= 0.3 is 0 Å². The van der Waals surface area contributed by atoms with E-state index < -0.39 is 23.7 Å². The van der Waals surface area contributed by atoms with Gasteiger partial charge in [0.2, 0.25) is 0 Å². The van der Waals surface area contributed by atoms with Gasteiger partial charge in [-0.05, 0) is 31.2 Å². The number of halogens is 1. The van der Waals surface area contributed by atoms with Crippen LogP contribution < -0.4 is 15.6 Å². The van der Waals surface area contributed by atoms with Crippen LogP contribution in [0.25, 0.3) is 10.9 Å². The number of rotatable bonds is 4. The Balaban J connectivity index is 1.62. The molecular weight excluding hydrogens is 337 g/mol. The van der Waals surface area contributed by atoms with Crippen molar-refractivity contribution < 1.29 is 18.7 Å². The molecule has 0 saturated heterocycles. The third kappa shape index (κ3) is 3.51. The van der Waals surface area contributed by atoms with Gasteiger partial charge in [-0.25, -0.2) is 4.39 Å². The molecule has 26 heavy (non-hydrogen) atoms. The Morgan fingerprint density at radius 1 is 1.08 bits per heavy atom. The summed E-state index contributed by atoms with van der Waals surface area (Å²) in [6.45, 7) is 1.46. The molecule has 0 bridgehead atoms. The predicted molar refractivity (Wildman–Crippen MR) is 95.0 cm³/mol. The first kappa shape index (κ1) is 17.5. The van der Waals surface area contributed by atoms with Gasteiger partial charge in [0, 0.05) is 18.0 Å². The van der Waals surface area contributed by atoms with Gasteiger partial charge in [0.05, 0.1) is 0 Å². The van der Waals surface area contributed by atoms with E-state index >= 15 is 0 Å². The van der Waals surface area contributed by atoms with E-state index in [0.717, 1.165) is 10.9 Å². The SMILES string of the molecule is CC(Oc1ccccc1F)C(=O)NNC(=O)c1cc2ccccc2n1C. The van der Waals surface area contributed by atoms with Crippen molar-refractivity contribution >= 4 is 22.7 Å². The fourth-order valence-electron chi connectivity index (χ4n) is 2.58. The molecule has 0 aliphatic carbocycles. The maximum atomic E-state index is 13.6. The van der Waals surface area contributed by atoms with Gasteiger partial charge in [-0.2, -0.15) is 0 Å². The number of benzene rings is 2. The Kier molecular flexibility index (Phi) is 4.88. The first-order valence-corrected chi connectivity index (χ1v) is 8.03. The number of nitrogens with one attached hydrogen (secondary N) is 2. The average molecular weight is 355 g/mol. The normalized spacial score (nSPS) is 11.8. The molecule has 0 aliphatic heterocycles. The number of hydrazine groups is 1. The average Bonchev–Trinajstić information content (AvgIpc) is 2.98. The van der Waals surface area contributed by atoms with Crippen molar-refractivity contribution in [1.29, 1.82) is 0 Å². The summed E-state index contributed by atoms with van der Waals surface area (Å²) in [5, 5.41) is 0.919. The van der Waals surface area contributed by atoms with Gasteiger partial charge in [-0.3, -0.25) is 20.4 Å².